The number of hydrogen-bond donors (Lipinski definition) is 1. The summed E-state index contributed by atoms with van der Waals surface area (Å²) >= 11 is 12.2. The molecule has 1 amide bonds. The van der Waals surface area contributed by atoms with E-state index in [9.17, 15) is 26.4 Å². The Morgan fingerprint density at radius 3 is 2.33 bits per heavy atom. The van der Waals surface area contributed by atoms with Crippen LogP contribution in [0.2, 0.25) is 10.0 Å². The molecule has 1 N–H and O–H groups in total. The Morgan fingerprint density at radius 1 is 1.11 bits per heavy atom. The molecule has 3 rings (SSSR count). The number of carbonyl (C=O) groups is 1. The fourth-order valence-corrected chi connectivity index (χ4v) is 4.92. The first kappa shape index (κ1) is 27.6. The summed E-state index contributed by atoms with van der Waals surface area (Å²) in [6.45, 7) is 2.91. The first-order chi connectivity index (χ1) is 16.7. The number of alkyl halides is 3. The van der Waals surface area contributed by atoms with Crippen LogP contribution >= 0.6 is 23.2 Å². The van der Waals surface area contributed by atoms with Crippen molar-refractivity contribution in [2.45, 2.75) is 20.0 Å². The molecule has 36 heavy (non-hydrogen) atoms. The third-order valence-electron chi connectivity index (χ3n) is 5.12. The first-order valence-corrected chi connectivity index (χ1v) is 12.9. The van der Waals surface area contributed by atoms with Gasteiger partial charge in [-0.2, -0.15) is 18.3 Å². The van der Waals surface area contributed by atoms with Crippen LogP contribution in [0.5, 0.6) is 0 Å². The molecule has 192 valence electrons. The number of rotatable bonds is 7. The highest BCUT2D eigenvalue weighted by atomic mass is 35.5. The van der Waals surface area contributed by atoms with Crippen LogP contribution in [-0.4, -0.2) is 37.9 Å². The van der Waals surface area contributed by atoms with Crippen molar-refractivity contribution >= 4 is 51.0 Å². The number of aryl methyl sites for hydroxylation is 1. The summed E-state index contributed by atoms with van der Waals surface area (Å²) in [7, 11) is -4.07. The van der Waals surface area contributed by atoms with Gasteiger partial charge in [-0.1, -0.05) is 29.3 Å². The van der Waals surface area contributed by atoms with Gasteiger partial charge in [-0.3, -0.25) is 9.10 Å². The third-order valence-corrected chi connectivity index (χ3v) is 6.69. The van der Waals surface area contributed by atoms with Crippen LogP contribution in [0.4, 0.5) is 18.9 Å². The van der Waals surface area contributed by atoms with E-state index in [1.807, 2.05) is 24.5 Å². The van der Waals surface area contributed by atoms with Crippen molar-refractivity contribution in [2.75, 3.05) is 17.1 Å². The predicted octanol–water partition coefficient (Wildman–Crippen LogP) is 5.34. The zero-order chi connectivity index (χ0) is 26.8. The van der Waals surface area contributed by atoms with Crippen molar-refractivity contribution in [3.63, 3.8) is 0 Å². The summed E-state index contributed by atoms with van der Waals surface area (Å²) in [5.41, 5.74) is 3.87. The summed E-state index contributed by atoms with van der Waals surface area (Å²) in [6.07, 6.45) is -2.51. The summed E-state index contributed by atoms with van der Waals surface area (Å²) in [5.74, 6) is -0.843. The van der Waals surface area contributed by atoms with E-state index < -0.39 is 34.2 Å². The lowest BCUT2D eigenvalue weighted by molar-refractivity contribution is -0.137. The largest absolute Gasteiger partial charge is 0.416 e. The number of aromatic nitrogens is 1. The molecule has 0 saturated carbocycles. The minimum Gasteiger partial charge on any atom is -0.318 e. The van der Waals surface area contributed by atoms with Gasteiger partial charge in [0, 0.05) is 32.7 Å². The highest BCUT2D eigenvalue weighted by Crippen LogP contribution is 2.32. The Labute approximate surface area is 216 Å². The lowest BCUT2D eigenvalue weighted by atomic mass is 10.2. The van der Waals surface area contributed by atoms with Crippen LogP contribution in [0.15, 0.2) is 53.6 Å². The molecule has 1 heterocycles. The molecule has 0 aliphatic heterocycles. The van der Waals surface area contributed by atoms with Gasteiger partial charge in [-0.25, -0.2) is 13.8 Å². The Morgan fingerprint density at radius 2 is 1.75 bits per heavy atom. The summed E-state index contributed by atoms with van der Waals surface area (Å²) in [4.78, 5) is 12.4. The second-order valence-electron chi connectivity index (χ2n) is 7.90. The lowest BCUT2D eigenvalue weighted by Gasteiger charge is -2.22. The van der Waals surface area contributed by atoms with Gasteiger partial charge in [0.2, 0.25) is 10.0 Å². The second-order valence-corrected chi connectivity index (χ2v) is 10.7. The van der Waals surface area contributed by atoms with Crippen LogP contribution in [0, 0.1) is 13.8 Å². The number of carbonyl (C=O) groups excluding carboxylic acids is 1. The van der Waals surface area contributed by atoms with E-state index in [4.69, 9.17) is 23.2 Å². The zero-order valence-corrected chi connectivity index (χ0v) is 21.6. The summed E-state index contributed by atoms with van der Waals surface area (Å²) in [6, 6.07) is 10.6. The van der Waals surface area contributed by atoms with Crippen molar-refractivity contribution in [3.8, 4) is 5.69 Å². The first-order valence-electron chi connectivity index (χ1n) is 10.3. The number of benzene rings is 2. The average molecular weight is 561 g/mol. The van der Waals surface area contributed by atoms with E-state index in [0.717, 1.165) is 35.5 Å². The molecule has 0 atom stereocenters. The number of nitrogens with zero attached hydrogens (tertiary/aromatic N) is 3. The Hall–Kier alpha value is -3.02. The molecule has 0 aliphatic rings. The van der Waals surface area contributed by atoms with Gasteiger partial charge in [0.05, 0.1) is 23.7 Å². The highest BCUT2D eigenvalue weighted by Gasteiger charge is 2.32. The van der Waals surface area contributed by atoms with E-state index in [2.05, 4.69) is 10.5 Å². The number of amides is 1. The van der Waals surface area contributed by atoms with Crippen molar-refractivity contribution in [2.24, 2.45) is 5.10 Å². The van der Waals surface area contributed by atoms with Gasteiger partial charge in [0.25, 0.3) is 5.91 Å². The monoisotopic (exact) mass is 560 g/mol. The Kier molecular flexibility index (Phi) is 8.07. The number of hydrazone groups is 1. The highest BCUT2D eigenvalue weighted by molar-refractivity contribution is 7.92. The maximum atomic E-state index is 13.0. The average Bonchev–Trinajstić information content (AvgIpc) is 3.03. The molecule has 3 aromatic rings. The van der Waals surface area contributed by atoms with Gasteiger partial charge in [-0.15, -0.1) is 0 Å². The second kappa shape index (κ2) is 10.5. The number of halogens is 5. The van der Waals surface area contributed by atoms with E-state index in [1.54, 1.807) is 18.2 Å². The van der Waals surface area contributed by atoms with Crippen molar-refractivity contribution in [1.82, 2.24) is 9.99 Å². The molecule has 2 aromatic carbocycles. The Balaban J connectivity index is 1.78. The van der Waals surface area contributed by atoms with Gasteiger partial charge >= 0.3 is 6.18 Å². The molecule has 0 unspecified atom stereocenters. The molecule has 13 heteroatoms. The smallest absolute Gasteiger partial charge is 0.318 e. The van der Waals surface area contributed by atoms with Crippen LogP contribution in [0.1, 0.15) is 22.5 Å². The topological polar surface area (TPSA) is 83.8 Å². The fourth-order valence-electron chi connectivity index (χ4n) is 3.56. The SMILES string of the molecule is Cc1cc(/C=N/NC(=O)CN(c2cccc(C(F)(F)F)c2)S(C)(=O)=O)c(C)n1-c1cc(Cl)cc(Cl)c1. The normalized spacial score (nSPS) is 12.2. The number of nitrogens with one attached hydrogen (secondary N) is 1. The number of anilines is 1. The van der Waals surface area contributed by atoms with Gasteiger partial charge < -0.3 is 4.57 Å². The minimum atomic E-state index is -4.67. The van der Waals surface area contributed by atoms with E-state index in [1.165, 1.54) is 12.3 Å². The van der Waals surface area contributed by atoms with Gasteiger partial charge in [0.15, 0.2) is 0 Å². The molecule has 0 aliphatic carbocycles. The lowest BCUT2D eigenvalue weighted by Crippen LogP contribution is -2.39. The summed E-state index contributed by atoms with van der Waals surface area (Å²) in [5, 5.41) is 4.80. The van der Waals surface area contributed by atoms with Crippen LogP contribution in [-0.2, 0) is 21.0 Å². The maximum absolute atomic E-state index is 13.0. The van der Waals surface area contributed by atoms with E-state index in [0.29, 0.717) is 26.0 Å². The van der Waals surface area contributed by atoms with E-state index >= 15 is 0 Å². The van der Waals surface area contributed by atoms with Gasteiger partial charge in [0.1, 0.15) is 6.54 Å². The molecule has 0 spiro atoms. The van der Waals surface area contributed by atoms with Crippen LogP contribution < -0.4 is 9.73 Å². The molecule has 1 aromatic heterocycles. The number of hydrogen-bond acceptors (Lipinski definition) is 4. The fraction of sp³-hybridized carbons (Fsp3) is 0.217. The van der Waals surface area contributed by atoms with Crippen molar-refractivity contribution < 1.29 is 26.4 Å². The molecular weight excluding hydrogens is 540 g/mol. The zero-order valence-electron chi connectivity index (χ0n) is 19.3. The van der Waals surface area contributed by atoms with Gasteiger partial charge in [-0.05, 0) is 56.3 Å². The van der Waals surface area contributed by atoms with Crippen LogP contribution in [0.25, 0.3) is 5.69 Å². The van der Waals surface area contributed by atoms with Crippen LogP contribution in [0.3, 0.4) is 0 Å². The number of sulfonamides is 1. The Bertz CT molecular complexity index is 1420. The maximum Gasteiger partial charge on any atom is 0.416 e. The molecule has 7 nitrogen and oxygen atoms in total. The summed E-state index contributed by atoms with van der Waals surface area (Å²) < 4.78 is 66.0. The van der Waals surface area contributed by atoms with Crippen molar-refractivity contribution in [3.05, 3.63) is 81.1 Å². The van der Waals surface area contributed by atoms with Crippen molar-refractivity contribution in [1.29, 1.82) is 0 Å². The molecule has 0 fully saturated rings. The molecule has 0 bridgehead atoms. The van der Waals surface area contributed by atoms with E-state index in [-0.39, 0.29) is 5.69 Å². The third kappa shape index (κ3) is 6.59. The molecule has 0 radical (unpaired) electrons. The quantitative estimate of drug-likeness (QED) is 0.313. The standard InChI is InChI=1S/C23H21Cl2F3N4O3S/c1-14-7-16(15(2)32(14)21-10-18(24)9-19(25)11-21)12-29-30-22(33)13-31(36(3,34)35)20-6-4-5-17(8-20)23(26,27)28/h4-12H,13H2,1-3H3,(H,30,33)/b29-12+. The molecule has 0 saturated heterocycles. The minimum absolute atomic E-state index is 0.296. The molecular formula is C23H21Cl2F3N4O3S. The predicted molar refractivity (Wildman–Crippen MR) is 135 cm³/mol.